The van der Waals surface area contributed by atoms with Crippen molar-refractivity contribution in [1.29, 1.82) is 0 Å². The van der Waals surface area contributed by atoms with Crippen molar-refractivity contribution in [2.24, 2.45) is 5.92 Å². The van der Waals surface area contributed by atoms with Crippen LogP contribution in [0, 0.1) is 5.92 Å². The summed E-state index contributed by atoms with van der Waals surface area (Å²) in [5, 5.41) is 2.96. The van der Waals surface area contributed by atoms with Crippen LogP contribution < -0.4 is 5.32 Å². The molecule has 0 bridgehead atoms. The molecule has 3 aromatic rings. The third-order valence-corrected chi connectivity index (χ3v) is 6.11. The standard InChI is InChI=1S/C27H27F3N2O/c1-32(2)17-18-3-4-23-16-25(14-11-22(23)15-18)31-26(33)21-7-5-19(6-8-21)20-9-12-24(13-10-20)27(28,29)30/h5-14,16,18H,3-4,15,17H2,1-2H3,(H,31,33). The molecular formula is C27H27F3N2O. The minimum atomic E-state index is -4.36. The number of anilines is 1. The highest BCUT2D eigenvalue weighted by atomic mass is 19.4. The molecule has 6 heteroatoms. The fraction of sp³-hybridized carbons (Fsp3) is 0.296. The van der Waals surface area contributed by atoms with Gasteiger partial charge in [0.05, 0.1) is 5.56 Å². The molecule has 0 radical (unpaired) electrons. The molecule has 0 aliphatic heterocycles. The minimum absolute atomic E-state index is 0.213. The fourth-order valence-electron chi connectivity index (χ4n) is 4.45. The highest BCUT2D eigenvalue weighted by Crippen LogP contribution is 2.31. The number of amides is 1. The SMILES string of the molecule is CN(C)CC1CCc2cc(NC(=O)c3ccc(-c4ccc(C(F)(F)F)cc4)cc3)ccc2C1. The number of halogens is 3. The van der Waals surface area contributed by atoms with Crippen LogP contribution in [0.5, 0.6) is 0 Å². The van der Waals surface area contributed by atoms with E-state index in [0.717, 1.165) is 49.2 Å². The van der Waals surface area contributed by atoms with Gasteiger partial charge in [-0.25, -0.2) is 0 Å². The van der Waals surface area contributed by atoms with Crippen molar-refractivity contribution in [3.8, 4) is 11.1 Å². The number of hydrogen-bond donors (Lipinski definition) is 1. The van der Waals surface area contributed by atoms with Gasteiger partial charge in [0.25, 0.3) is 5.91 Å². The van der Waals surface area contributed by atoms with E-state index in [0.29, 0.717) is 17.0 Å². The predicted octanol–water partition coefficient (Wildman–Crippen LogP) is 6.29. The lowest BCUT2D eigenvalue weighted by Crippen LogP contribution is -2.26. The topological polar surface area (TPSA) is 32.3 Å². The molecule has 1 aliphatic rings. The molecule has 4 rings (SSSR count). The van der Waals surface area contributed by atoms with Crippen LogP contribution >= 0.6 is 0 Å². The van der Waals surface area contributed by atoms with Crippen molar-refractivity contribution in [1.82, 2.24) is 4.90 Å². The molecule has 1 N–H and O–H groups in total. The molecule has 1 unspecified atom stereocenters. The first-order chi connectivity index (χ1) is 15.7. The fourth-order valence-corrected chi connectivity index (χ4v) is 4.45. The monoisotopic (exact) mass is 452 g/mol. The Hall–Kier alpha value is -3.12. The number of carbonyl (C=O) groups is 1. The zero-order valence-corrected chi connectivity index (χ0v) is 18.7. The number of aryl methyl sites for hydroxylation is 1. The third-order valence-electron chi connectivity index (χ3n) is 6.11. The van der Waals surface area contributed by atoms with E-state index in [9.17, 15) is 18.0 Å². The van der Waals surface area contributed by atoms with Gasteiger partial charge >= 0.3 is 6.18 Å². The zero-order chi connectivity index (χ0) is 23.6. The zero-order valence-electron chi connectivity index (χ0n) is 18.7. The average Bonchev–Trinajstić information content (AvgIpc) is 2.78. The molecule has 0 fully saturated rings. The van der Waals surface area contributed by atoms with Crippen LogP contribution in [0.2, 0.25) is 0 Å². The Balaban J connectivity index is 1.41. The molecule has 0 spiro atoms. The van der Waals surface area contributed by atoms with E-state index in [1.807, 2.05) is 6.07 Å². The van der Waals surface area contributed by atoms with Crippen LogP contribution in [0.3, 0.4) is 0 Å². The summed E-state index contributed by atoms with van der Waals surface area (Å²) < 4.78 is 38.3. The maximum absolute atomic E-state index is 12.8. The predicted molar refractivity (Wildman–Crippen MR) is 125 cm³/mol. The van der Waals surface area contributed by atoms with Gasteiger partial charge in [0, 0.05) is 17.8 Å². The molecule has 0 heterocycles. The minimum Gasteiger partial charge on any atom is -0.322 e. The number of benzene rings is 3. The van der Waals surface area contributed by atoms with Crippen molar-refractivity contribution in [2.75, 3.05) is 26.0 Å². The summed E-state index contributed by atoms with van der Waals surface area (Å²) >= 11 is 0. The summed E-state index contributed by atoms with van der Waals surface area (Å²) in [4.78, 5) is 14.9. The van der Waals surface area contributed by atoms with Crippen molar-refractivity contribution in [3.63, 3.8) is 0 Å². The Kier molecular flexibility index (Phi) is 6.56. The molecule has 3 nitrogen and oxygen atoms in total. The van der Waals surface area contributed by atoms with Gasteiger partial charge in [-0.1, -0.05) is 30.3 Å². The summed E-state index contributed by atoms with van der Waals surface area (Å²) in [5.41, 5.74) is 4.65. The highest BCUT2D eigenvalue weighted by Gasteiger charge is 2.30. The van der Waals surface area contributed by atoms with Gasteiger partial charge in [0.2, 0.25) is 0 Å². The van der Waals surface area contributed by atoms with Crippen LogP contribution in [-0.4, -0.2) is 31.4 Å². The van der Waals surface area contributed by atoms with E-state index >= 15 is 0 Å². The smallest absolute Gasteiger partial charge is 0.322 e. The lowest BCUT2D eigenvalue weighted by Gasteiger charge is -2.27. The van der Waals surface area contributed by atoms with Gasteiger partial charge in [0.15, 0.2) is 0 Å². The van der Waals surface area contributed by atoms with E-state index in [2.05, 4.69) is 36.4 Å². The van der Waals surface area contributed by atoms with Crippen molar-refractivity contribution >= 4 is 11.6 Å². The quantitative estimate of drug-likeness (QED) is 0.493. The molecule has 33 heavy (non-hydrogen) atoms. The maximum Gasteiger partial charge on any atom is 0.416 e. The molecule has 172 valence electrons. The summed E-state index contributed by atoms with van der Waals surface area (Å²) in [6.45, 7) is 1.08. The largest absolute Gasteiger partial charge is 0.416 e. The number of hydrogen-bond acceptors (Lipinski definition) is 2. The lowest BCUT2D eigenvalue weighted by molar-refractivity contribution is -0.137. The van der Waals surface area contributed by atoms with Gasteiger partial charge in [0.1, 0.15) is 0 Å². The number of carbonyl (C=O) groups excluding carboxylic acids is 1. The molecule has 1 amide bonds. The summed E-state index contributed by atoms with van der Waals surface area (Å²) in [5.74, 6) is 0.450. The van der Waals surface area contributed by atoms with E-state index in [1.54, 1.807) is 24.3 Å². The molecular weight excluding hydrogens is 425 g/mol. The molecule has 3 aromatic carbocycles. The first-order valence-electron chi connectivity index (χ1n) is 11.0. The Morgan fingerprint density at radius 3 is 2.18 bits per heavy atom. The first-order valence-corrected chi connectivity index (χ1v) is 11.0. The summed E-state index contributed by atoms with van der Waals surface area (Å²) in [6.07, 6.45) is -1.13. The Bertz CT molecular complexity index is 1120. The number of alkyl halides is 3. The average molecular weight is 453 g/mol. The number of nitrogens with one attached hydrogen (secondary N) is 1. The second-order valence-corrected chi connectivity index (χ2v) is 8.96. The first kappa shape index (κ1) is 23.1. The van der Waals surface area contributed by atoms with Crippen LogP contribution in [0.4, 0.5) is 18.9 Å². The van der Waals surface area contributed by atoms with Crippen LogP contribution in [-0.2, 0) is 19.0 Å². The molecule has 0 aromatic heterocycles. The number of nitrogens with zero attached hydrogens (tertiary/aromatic N) is 1. The van der Waals surface area contributed by atoms with E-state index in [-0.39, 0.29) is 5.91 Å². The maximum atomic E-state index is 12.8. The molecule has 1 aliphatic carbocycles. The van der Waals surface area contributed by atoms with Gasteiger partial charge in [-0.3, -0.25) is 4.79 Å². The second kappa shape index (κ2) is 9.40. The van der Waals surface area contributed by atoms with E-state index in [4.69, 9.17) is 0 Å². The van der Waals surface area contributed by atoms with Crippen LogP contribution in [0.15, 0.2) is 66.7 Å². The second-order valence-electron chi connectivity index (χ2n) is 8.96. The Morgan fingerprint density at radius 1 is 0.939 bits per heavy atom. The van der Waals surface area contributed by atoms with Gasteiger partial charge in [-0.05, 0) is 97.9 Å². The van der Waals surface area contributed by atoms with E-state index < -0.39 is 11.7 Å². The number of rotatable bonds is 5. The molecule has 0 saturated heterocycles. The lowest BCUT2D eigenvalue weighted by atomic mass is 9.83. The highest BCUT2D eigenvalue weighted by molar-refractivity contribution is 6.04. The van der Waals surface area contributed by atoms with Crippen molar-refractivity contribution in [2.45, 2.75) is 25.4 Å². The van der Waals surface area contributed by atoms with Crippen LogP contribution in [0.1, 0.15) is 33.5 Å². The van der Waals surface area contributed by atoms with Gasteiger partial charge in [-0.15, -0.1) is 0 Å². The molecule has 1 atom stereocenters. The van der Waals surface area contributed by atoms with Gasteiger partial charge < -0.3 is 10.2 Å². The van der Waals surface area contributed by atoms with Crippen molar-refractivity contribution < 1.29 is 18.0 Å². The Labute approximate surface area is 192 Å². The normalized spacial score (nSPS) is 15.9. The van der Waals surface area contributed by atoms with Gasteiger partial charge in [-0.2, -0.15) is 13.2 Å². The van der Waals surface area contributed by atoms with Crippen LogP contribution in [0.25, 0.3) is 11.1 Å². The Morgan fingerprint density at radius 2 is 1.58 bits per heavy atom. The van der Waals surface area contributed by atoms with E-state index in [1.165, 1.54) is 23.3 Å². The third kappa shape index (κ3) is 5.63. The van der Waals surface area contributed by atoms with Crippen molar-refractivity contribution in [3.05, 3.63) is 89.0 Å². The summed E-state index contributed by atoms with van der Waals surface area (Å²) in [6, 6.07) is 18.0. The number of fused-ring (bicyclic) bond motifs is 1. The molecule has 0 saturated carbocycles. The summed E-state index contributed by atoms with van der Waals surface area (Å²) in [7, 11) is 4.20.